The first-order valence-corrected chi connectivity index (χ1v) is 5.53. The molecule has 2 rings (SSSR count). The van der Waals surface area contributed by atoms with Crippen molar-refractivity contribution in [1.29, 1.82) is 0 Å². The molecule has 0 bridgehead atoms. The molecule has 0 N–H and O–H groups in total. The van der Waals surface area contributed by atoms with Gasteiger partial charge in [0.2, 0.25) is 0 Å². The van der Waals surface area contributed by atoms with Gasteiger partial charge in [0.15, 0.2) is 0 Å². The van der Waals surface area contributed by atoms with Gasteiger partial charge in [-0.05, 0) is 31.0 Å². The predicted molar refractivity (Wildman–Crippen MR) is 68.8 cm³/mol. The van der Waals surface area contributed by atoms with Crippen LogP contribution in [0.4, 0.5) is 0 Å². The van der Waals surface area contributed by atoms with E-state index in [1.54, 1.807) is 13.4 Å². The molecule has 0 unspecified atom stereocenters. The Balaban J connectivity index is 2.43. The molecule has 88 valence electrons. The molecule has 17 heavy (non-hydrogen) atoms. The zero-order valence-electron chi connectivity index (χ0n) is 10.2. The van der Waals surface area contributed by atoms with Crippen molar-refractivity contribution in [3.8, 4) is 11.4 Å². The van der Waals surface area contributed by atoms with Gasteiger partial charge in [-0.2, -0.15) is 0 Å². The van der Waals surface area contributed by atoms with Gasteiger partial charge in [0.25, 0.3) is 0 Å². The number of methoxy groups -OCH3 is 1. The highest BCUT2D eigenvalue weighted by Crippen LogP contribution is 2.24. The Bertz CT molecular complexity index is 529. The Hall–Kier alpha value is -2.03. The zero-order valence-corrected chi connectivity index (χ0v) is 10.2. The van der Waals surface area contributed by atoms with Crippen LogP contribution in [0.2, 0.25) is 0 Å². The van der Waals surface area contributed by atoms with Gasteiger partial charge in [0, 0.05) is 6.20 Å². The monoisotopic (exact) mass is 228 g/mol. The quantitative estimate of drug-likeness (QED) is 0.752. The standard InChI is InChI=1S/C14H16N2O/c1-4-5-12-6-7-13(14(8-12)17-3)16-9-11(2)15-10-16/h4,6-10H,1,5H2,2-3H3. The summed E-state index contributed by atoms with van der Waals surface area (Å²) in [5.74, 6) is 0.849. The normalized spacial score (nSPS) is 10.2. The lowest BCUT2D eigenvalue weighted by molar-refractivity contribution is 0.412. The number of hydrogen-bond donors (Lipinski definition) is 0. The van der Waals surface area contributed by atoms with Crippen LogP contribution in [0.5, 0.6) is 5.75 Å². The van der Waals surface area contributed by atoms with Crippen molar-refractivity contribution in [3.05, 3.63) is 54.6 Å². The van der Waals surface area contributed by atoms with E-state index >= 15 is 0 Å². The van der Waals surface area contributed by atoms with Crippen molar-refractivity contribution in [2.24, 2.45) is 0 Å². The van der Waals surface area contributed by atoms with Crippen LogP contribution in [0.15, 0.2) is 43.4 Å². The fourth-order valence-electron chi connectivity index (χ4n) is 1.78. The average Bonchev–Trinajstić information content (AvgIpc) is 2.76. The summed E-state index contributed by atoms with van der Waals surface area (Å²) in [6, 6.07) is 6.15. The minimum atomic E-state index is 0.847. The Morgan fingerprint density at radius 3 is 2.88 bits per heavy atom. The predicted octanol–water partition coefficient (Wildman–Crippen LogP) is 2.92. The second kappa shape index (κ2) is 4.87. The summed E-state index contributed by atoms with van der Waals surface area (Å²) in [4.78, 5) is 4.22. The number of benzene rings is 1. The average molecular weight is 228 g/mol. The van der Waals surface area contributed by atoms with E-state index in [2.05, 4.69) is 17.6 Å². The molecule has 1 heterocycles. The second-order valence-corrected chi connectivity index (χ2v) is 3.92. The van der Waals surface area contributed by atoms with Crippen molar-refractivity contribution in [1.82, 2.24) is 9.55 Å². The van der Waals surface area contributed by atoms with E-state index in [0.29, 0.717) is 0 Å². The summed E-state index contributed by atoms with van der Waals surface area (Å²) in [7, 11) is 1.68. The summed E-state index contributed by atoms with van der Waals surface area (Å²) >= 11 is 0. The molecule has 3 heteroatoms. The van der Waals surface area contributed by atoms with Gasteiger partial charge < -0.3 is 9.30 Å². The van der Waals surface area contributed by atoms with Gasteiger partial charge in [0.1, 0.15) is 5.75 Å². The molecular formula is C14H16N2O. The molecule has 1 aromatic carbocycles. The van der Waals surface area contributed by atoms with E-state index in [4.69, 9.17) is 4.74 Å². The van der Waals surface area contributed by atoms with Gasteiger partial charge in [-0.25, -0.2) is 4.98 Å². The van der Waals surface area contributed by atoms with E-state index in [-0.39, 0.29) is 0 Å². The molecule has 0 spiro atoms. The van der Waals surface area contributed by atoms with Crippen molar-refractivity contribution < 1.29 is 4.74 Å². The Morgan fingerprint density at radius 2 is 2.29 bits per heavy atom. The number of imidazole rings is 1. The van der Waals surface area contributed by atoms with Crippen LogP contribution in [-0.4, -0.2) is 16.7 Å². The molecule has 0 aliphatic rings. The lowest BCUT2D eigenvalue weighted by atomic mass is 10.1. The van der Waals surface area contributed by atoms with Crippen molar-refractivity contribution in [2.45, 2.75) is 13.3 Å². The van der Waals surface area contributed by atoms with Crippen LogP contribution >= 0.6 is 0 Å². The summed E-state index contributed by atoms with van der Waals surface area (Å²) < 4.78 is 7.38. The van der Waals surface area contributed by atoms with E-state index in [9.17, 15) is 0 Å². The van der Waals surface area contributed by atoms with Crippen LogP contribution < -0.4 is 4.74 Å². The third-order valence-corrected chi connectivity index (χ3v) is 2.61. The van der Waals surface area contributed by atoms with E-state index in [0.717, 1.165) is 23.6 Å². The number of aromatic nitrogens is 2. The molecule has 0 saturated carbocycles. The number of aryl methyl sites for hydroxylation is 1. The summed E-state index contributed by atoms with van der Waals surface area (Å²) in [5.41, 5.74) is 3.18. The second-order valence-electron chi connectivity index (χ2n) is 3.92. The van der Waals surface area contributed by atoms with Crippen LogP contribution in [0.25, 0.3) is 5.69 Å². The van der Waals surface area contributed by atoms with Gasteiger partial charge in [0.05, 0.1) is 24.8 Å². The number of nitrogens with zero attached hydrogens (tertiary/aromatic N) is 2. The van der Waals surface area contributed by atoms with Gasteiger partial charge >= 0.3 is 0 Å². The SMILES string of the molecule is C=CCc1ccc(-n2cnc(C)c2)c(OC)c1. The number of rotatable bonds is 4. The minimum absolute atomic E-state index is 0.847. The highest BCUT2D eigenvalue weighted by atomic mass is 16.5. The smallest absolute Gasteiger partial charge is 0.143 e. The minimum Gasteiger partial charge on any atom is -0.495 e. The molecule has 2 aromatic rings. The van der Waals surface area contributed by atoms with Gasteiger partial charge in [-0.15, -0.1) is 6.58 Å². The first-order chi connectivity index (χ1) is 8.24. The maximum absolute atomic E-state index is 5.41. The molecule has 0 aliphatic heterocycles. The summed E-state index contributed by atoms with van der Waals surface area (Å²) in [6.45, 7) is 5.71. The highest BCUT2D eigenvalue weighted by molar-refractivity contribution is 5.49. The number of ether oxygens (including phenoxy) is 1. The molecule has 1 aromatic heterocycles. The molecule has 0 fully saturated rings. The first-order valence-electron chi connectivity index (χ1n) is 5.53. The fraction of sp³-hybridized carbons (Fsp3) is 0.214. The van der Waals surface area contributed by atoms with Crippen LogP contribution in [0, 0.1) is 6.92 Å². The largest absolute Gasteiger partial charge is 0.495 e. The summed E-state index contributed by atoms with van der Waals surface area (Å²) in [6.07, 6.45) is 6.50. The Morgan fingerprint density at radius 1 is 1.47 bits per heavy atom. The highest BCUT2D eigenvalue weighted by Gasteiger charge is 2.06. The maximum atomic E-state index is 5.41. The van der Waals surface area contributed by atoms with E-state index in [1.165, 1.54) is 5.56 Å². The third-order valence-electron chi connectivity index (χ3n) is 2.61. The molecule has 0 radical (unpaired) electrons. The fourth-order valence-corrected chi connectivity index (χ4v) is 1.78. The molecule has 0 saturated heterocycles. The molecular weight excluding hydrogens is 212 g/mol. The van der Waals surface area contributed by atoms with Crippen molar-refractivity contribution in [2.75, 3.05) is 7.11 Å². The van der Waals surface area contributed by atoms with Gasteiger partial charge in [-0.3, -0.25) is 0 Å². The molecule has 0 amide bonds. The van der Waals surface area contributed by atoms with Gasteiger partial charge in [-0.1, -0.05) is 12.1 Å². The summed E-state index contributed by atoms with van der Waals surface area (Å²) in [5, 5.41) is 0. The van der Waals surface area contributed by atoms with E-state index < -0.39 is 0 Å². The maximum Gasteiger partial charge on any atom is 0.143 e. The van der Waals surface area contributed by atoms with Crippen molar-refractivity contribution >= 4 is 0 Å². The third kappa shape index (κ3) is 2.38. The Kier molecular flexibility index (Phi) is 3.28. The lowest BCUT2D eigenvalue weighted by Crippen LogP contribution is -1.96. The van der Waals surface area contributed by atoms with Crippen LogP contribution in [0.3, 0.4) is 0 Å². The first kappa shape index (κ1) is 11.5. The Labute approximate surface area is 101 Å². The lowest BCUT2D eigenvalue weighted by Gasteiger charge is -2.10. The van der Waals surface area contributed by atoms with Crippen LogP contribution in [0.1, 0.15) is 11.3 Å². The van der Waals surface area contributed by atoms with Crippen molar-refractivity contribution in [3.63, 3.8) is 0 Å². The molecule has 0 atom stereocenters. The number of allylic oxidation sites excluding steroid dienone is 1. The molecule has 0 aliphatic carbocycles. The van der Waals surface area contributed by atoms with Crippen LogP contribution in [-0.2, 0) is 6.42 Å². The zero-order chi connectivity index (χ0) is 12.3. The topological polar surface area (TPSA) is 27.1 Å². The van der Waals surface area contributed by atoms with E-state index in [1.807, 2.05) is 35.9 Å². The number of hydrogen-bond acceptors (Lipinski definition) is 2. The molecule has 3 nitrogen and oxygen atoms in total.